The Kier molecular flexibility index (Phi) is 6.91. The highest BCUT2D eigenvalue weighted by Gasteiger charge is 2.26. The number of nitriles is 1. The Morgan fingerprint density at radius 3 is 2.61 bits per heavy atom. The highest BCUT2D eigenvalue weighted by Crippen LogP contribution is 2.25. The first-order chi connectivity index (χ1) is 16.0. The van der Waals surface area contributed by atoms with Crippen molar-refractivity contribution in [2.75, 3.05) is 37.7 Å². The number of carbonyl (C=O) groups is 1. The Hall–Kier alpha value is -3.83. The van der Waals surface area contributed by atoms with Gasteiger partial charge < -0.3 is 19.0 Å². The SMILES string of the molecule is N#Cc1nc(/C=C/c2ccccc2Cl)oc1N1CCN(C(=O)COc2ccccc2F)CC1. The second kappa shape index (κ2) is 10.2. The first-order valence-electron chi connectivity index (χ1n) is 10.3. The largest absolute Gasteiger partial charge is 0.481 e. The summed E-state index contributed by atoms with van der Waals surface area (Å²) < 4.78 is 24.8. The molecule has 33 heavy (non-hydrogen) atoms. The molecular weight excluding hydrogens is 447 g/mol. The molecule has 1 aromatic heterocycles. The predicted octanol–water partition coefficient (Wildman–Crippen LogP) is 4.24. The average molecular weight is 467 g/mol. The molecular formula is C24H20ClFN4O3. The first-order valence-corrected chi connectivity index (χ1v) is 10.7. The van der Waals surface area contributed by atoms with Crippen LogP contribution in [-0.2, 0) is 4.79 Å². The lowest BCUT2D eigenvalue weighted by Gasteiger charge is -2.34. The van der Waals surface area contributed by atoms with Crippen molar-refractivity contribution in [2.24, 2.45) is 0 Å². The second-order valence-corrected chi connectivity index (χ2v) is 7.67. The average Bonchev–Trinajstić information content (AvgIpc) is 3.26. The van der Waals surface area contributed by atoms with Crippen molar-refractivity contribution in [2.45, 2.75) is 0 Å². The van der Waals surface area contributed by atoms with Gasteiger partial charge in [-0.15, -0.1) is 0 Å². The fourth-order valence-electron chi connectivity index (χ4n) is 3.41. The van der Waals surface area contributed by atoms with Crippen LogP contribution in [0.15, 0.2) is 52.9 Å². The van der Waals surface area contributed by atoms with E-state index in [9.17, 15) is 14.4 Å². The molecule has 1 fully saturated rings. The Bertz CT molecular complexity index is 1210. The Balaban J connectivity index is 1.36. The maximum Gasteiger partial charge on any atom is 0.260 e. The van der Waals surface area contributed by atoms with E-state index in [2.05, 4.69) is 11.1 Å². The van der Waals surface area contributed by atoms with Crippen molar-refractivity contribution in [1.82, 2.24) is 9.88 Å². The first kappa shape index (κ1) is 22.4. The molecule has 4 rings (SSSR count). The summed E-state index contributed by atoms with van der Waals surface area (Å²) in [6, 6.07) is 15.4. The van der Waals surface area contributed by atoms with E-state index >= 15 is 0 Å². The van der Waals surface area contributed by atoms with Crippen LogP contribution >= 0.6 is 11.6 Å². The molecule has 2 heterocycles. The molecule has 9 heteroatoms. The maximum atomic E-state index is 13.7. The lowest BCUT2D eigenvalue weighted by molar-refractivity contribution is -0.133. The molecule has 0 saturated carbocycles. The van der Waals surface area contributed by atoms with Gasteiger partial charge in [-0.2, -0.15) is 10.2 Å². The van der Waals surface area contributed by atoms with E-state index in [1.807, 2.05) is 23.1 Å². The van der Waals surface area contributed by atoms with E-state index in [4.69, 9.17) is 20.8 Å². The standard InChI is InChI=1S/C24H20ClFN4O3/c25-18-6-2-1-5-17(18)9-10-22-28-20(15-27)24(33-22)30-13-11-29(12-14-30)23(31)16-32-21-8-4-3-7-19(21)26/h1-10H,11-14,16H2/b10-9+. The monoisotopic (exact) mass is 466 g/mol. The minimum atomic E-state index is -0.510. The quantitative estimate of drug-likeness (QED) is 0.540. The van der Waals surface area contributed by atoms with Crippen molar-refractivity contribution in [3.63, 3.8) is 0 Å². The number of para-hydroxylation sites is 1. The molecule has 0 atom stereocenters. The van der Waals surface area contributed by atoms with Crippen molar-refractivity contribution in [1.29, 1.82) is 5.26 Å². The molecule has 3 aromatic rings. The van der Waals surface area contributed by atoms with Gasteiger partial charge in [-0.25, -0.2) is 4.39 Å². The van der Waals surface area contributed by atoms with Gasteiger partial charge in [0.2, 0.25) is 17.5 Å². The van der Waals surface area contributed by atoms with Crippen LogP contribution in [0.3, 0.4) is 0 Å². The highest BCUT2D eigenvalue weighted by molar-refractivity contribution is 6.32. The van der Waals surface area contributed by atoms with Crippen molar-refractivity contribution >= 4 is 35.5 Å². The van der Waals surface area contributed by atoms with Crippen LogP contribution in [-0.4, -0.2) is 48.6 Å². The third-order valence-corrected chi connectivity index (χ3v) is 5.49. The summed E-state index contributed by atoms with van der Waals surface area (Å²) in [4.78, 5) is 20.2. The van der Waals surface area contributed by atoms with Crippen LogP contribution in [0.25, 0.3) is 12.2 Å². The Labute approximate surface area is 195 Å². The topological polar surface area (TPSA) is 82.6 Å². The molecule has 1 aliphatic rings. The van der Waals surface area contributed by atoms with Crippen molar-refractivity contribution in [3.8, 4) is 11.8 Å². The van der Waals surface area contributed by atoms with Crippen molar-refractivity contribution in [3.05, 3.63) is 76.5 Å². The Morgan fingerprint density at radius 1 is 1.15 bits per heavy atom. The molecule has 0 unspecified atom stereocenters. The minimum Gasteiger partial charge on any atom is -0.481 e. The van der Waals surface area contributed by atoms with E-state index in [-0.39, 0.29) is 24.0 Å². The van der Waals surface area contributed by atoms with E-state index in [0.717, 1.165) is 5.56 Å². The van der Waals surface area contributed by atoms with Crippen LogP contribution in [0.5, 0.6) is 5.75 Å². The minimum absolute atomic E-state index is 0.0437. The van der Waals surface area contributed by atoms with E-state index in [1.54, 1.807) is 35.3 Å². The summed E-state index contributed by atoms with van der Waals surface area (Å²) in [5, 5.41) is 10.1. The van der Waals surface area contributed by atoms with Gasteiger partial charge in [-0.3, -0.25) is 4.79 Å². The van der Waals surface area contributed by atoms with Gasteiger partial charge in [0.15, 0.2) is 18.2 Å². The number of ether oxygens (including phenoxy) is 1. The molecule has 2 aromatic carbocycles. The summed E-state index contributed by atoms with van der Waals surface area (Å²) in [6.45, 7) is 1.50. The number of benzene rings is 2. The third kappa shape index (κ3) is 5.33. The normalized spacial score (nSPS) is 13.8. The predicted molar refractivity (Wildman–Crippen MR) is 122 cm³/mol. The summed E-state index contributed by atoms with van der Waals surface area (Å²) in [5.41, 5.74) is 0.985. The number of anilines is 1. The zero-order valence-electron chi connectivity index (χ0n) is 17.6. The van der Waals surface area contributed by atoms with E-state index in [0.29, 0.717) is 43.0 Å². The highest BCUT2D eigenvalue weighted by atomic mass is 35.5. The number of nitrogens with zero attached hydrogens (tertiary/aromatic N) is 4. The lowest BCUT2D eigenvalue weighted by atomic mass is 10.2. The number of halogens is 2. The van der Waals surface area contributed by atoms with Crippen molar-refractivity contribution < 1.29 is 18.3 Å². The molecule has 7 nitrogen and oxygen atoms in total. The number of amides is 1. The molecule has 1 aliphatic heterocycles. The fraction of sp³-hybridized carbons (Fsp3) is 0.208. The second-order valence-electron chi connectivity index (χ2n) is 7.26. The van der Waals surface area contributed by atoms with Gasteiger partial charge in [0.1, 0.15) is 6.07 Å². The number of piperazine rings is 1. The maximum absolute atomic E-state index is 13.7. The van der Waals surface area contributed by atoms with Crippen LogP contribution in [0.2, 0.25) is 5.02 Å². The van der Waals surface area contributed by atoms with Crippen LogP contribution in [0.1, 0.15) is 17.1 Å². The molecule has 0 aliphatic carbocycles. The van der Waals surface area contributed by atoms with E-state index in [1.165, 1.54) is 12.1 Å². The number of aromatic nitrogens is 1. The summed E-state index contributed by atoms with van der Waals surface area (Å²) in [6.07, 6.45) is 3.43. The molecule has 0 spiro atoms. The number of carbonyl (C=O) groups excluding carboxylic acids is 1. The molecule has 1 amide bonds. The van der Waals surface area contributed by atoms with Crippen LogP contribution in [0.4, 0.5) is 10.3 Å². The van der Waals surface area contributed by atoms with Gasteiger partial charge in [0.05, 0.1) is 0 Å². The summed E-state index contributed by atoms with van der Waals surface area (Å²) in [5.74, 6) is -0.0466. The van der Waals surface area contributed by atoms with Gasteiger partial charge in [-0.1, -0.05) is 41.9 Å². The molecule has 168 valence electrons. The number of oxazole rings is 1. The third-order valence-electron chi connectivity index (χ3n) is 5.15. The zero-order chi connectivity index (χ0) is 23.2. The van der Waals surface area contributed by atoms with E-state index < -0.39 is 5.82 Å². The lowest BCUT2D eigenvalue weighted by Crippen LogP contribution is -2.50. The fourth-order valence-corrected chi connectivity index (χ4v) is 3.61. The summed E-state index contributed by atoms with van der Waals surface area (Å²) in [7, 11) is 0. The molecule has 1 saturated heterocycles. The zero-order valence-corrected chi connectivity index (χ0v) is 18.3. The molecule has 0 radical (unpaired) electrons. The van der Waals surface area contributed by atoms with Gasteiger partial charge in [-0.05, 0) is 29.8 Å². The van der Waals surface area contributed by atoms with Gasteiger partial charge in [0.25, 0.3) is 5.91 Å². The van der Waals surface area contributed by atoms with Crippen LogP contribution in [0, 0.1) is 17.1 Å². The molecule has 0 bridgehead atoms. The van der Waals surface area contributed by atoms with Crippen LogP contribution < -0.4 is 9.64 Å². The van der Waals surface area contributed by atoms with Gasteiger partial charge in [0, 0.05) is 37.3 Å². The Morgan fingerprint density at radius 2 is 1.88 bits per heavy atom. The smallest absolute Gasteiger partial charge is 0.260 e. The van der Waals surface area contributed by atoms with Gasteiger partial charge >= 0.3 is 0 Å². The number of hydrogen-bond acceptors (Lipinski definition) is 6. The summed E-state index contributed by atoms with van der Waals surface area (Å²) >= 11 is 6.16. The number of hydrogen-bond donors (Lipinski definition) is 0. The number of rotatable bonds is 6. The molecule has 0 N–H and O–H groups in total.